The zero-order valence-electron chi connectivity index (χ0n) is 12.4. The summed E-state index contributed by atoms with van der Waals surface area (Å²) in [7, 11) is 0.876. The molecule has 122 valence electrons. The van der Waals surface area contributed by atoms with Crippen molar-refractivity contribution in [3.05, 3.63) is 29.3 Å². The predicted molar refractivity (Wildman–Crippen MR) is 81.8 cm³/mol. The summed E-state index contributed by atoms with van der Waals surface area (Å²) in [4.78, 5) is 25.3. The van der Waals surface area contributed by atoms with Gasteiger partial charge in [-0.25, -0.2) is 17.5 Å². The van der Waals surface area contributed by atoms with Crippen LogP contribution in [0.25, 0.3) is 0 Å². The molecule has 2 rings (SSSR count). The van der Waals surface area contributed by atoms with Gasteiger partial charge in [0, 0.05) is 6.54 Å². The second-order valence-electron chi connectivity index (χ2n) is 4.89. The van der Waals surface area contributed by atoms with E-state index in [1.54, 1.807) is 19.0 Å². The minimum absolute atomic E-state index is 0. The second kappa shape index (κ2) is 6.64. The highest BCUT2D eigenvalue weighted by Gasteiger charge is 2.41. The largest absolute Gasteiger partial charge is 0.465 e. The second-order valence-corrected chi connectivity index (χ2v) is 6.72. The minimum atomic E-state index is -3.91. The fourth-order valence-corrected chi connectivity index (χ4v) is 3.62. The number of carbonyl (C=O) groups is 2. The Morgan fingerprint density at radius 1 is 1.32 bits per heavy atom. The molecule has 1 amide bonds. The van der Waals surface area contributed by atoms with Gasteiger partial charge in [0.05, 0.1) is 24.8 Å². The number of benzene rings is 1. The number of rotatable bonds is 4. The lowest BCUT2D eigenvalue weighted by Crippen LogP contribution is -2.36. The van der Waals surface area contributed by atoms with E-state index in [1.165, 1.54) is 25.3 Å². The summed E-state index contributed by atoms with van der Waals surface area (Å²) in [5.41, 5.74) is 0.184. The first kappa shape index (κ1) is 18.4. The van der Waals surface area contributed by atoms with Crippen LogP contribution in [0.3, 0.4) is 0 Å². The van der Waals surface area contributed by atoms with E-state index < -0.39 is 21.9 Å². The van der Waals surface area contributed by atoms with Crippen LogP contribution in [0.1, 0.15) is 20.7 Å². The molecule has 0 saturated carbocycles. The lowest BCUT2D eigenvalue weighted by atomic mass is 10.1. The normalized spacial score (nSPS) is 15.5. The third-order valence-corrected chi connectivity index (χ3v) is 5.00. The fraction of sp³-hybridized carbons (Fsp3) is 0.385. The Bertz CT molecular complexity index is 702. The molecular weight excluding hydrogens is 332 g/mol. The smallest absolute Gasteiger partial charge is 0.337 e. The molecule has 1 aliphatic rings. The van der Waals surface area contributed by atoms with Crippen LogP contribution in [0.2, 0.25) is 0 Å². The number of likely N-dealkylation sites (N-methyl/N-ethyl adjacent to an activating group) is 1. The number of halogens is 1. The van der Waals surface area contributed by atoms with Crippen LogP contribution in [0, 0.1) is 0 Å². The molecule has 1 aromatic carbocycles. The first-order valence-electron chi connectivity index (χ1n) is 6.23. The van der Waals surface area contributed by atoms with Crippen molar-refractivity contribution in [1.29, 1.82) is 0 Å². The van der Waals surface area contributed by atoms with Crippen molar-refractivity contribution in [1.82, 2.24) is 9.21 Å². The van der Waals surface area contributed by atoms with Gasteiger partial charge in [0.15, 0.2) is 0 Å². The monoisotopic (exact) mass is 348 g/mol. The maximum absolute atomic E-state index is 12.4. The molecule has 0 fully saturated rings. The van der Waals surface area contributed by atoms with Crippen LogP contribution < -0.4 is 0 Å². The van der Waals surface area contributed by atoms with Gasteiger partial charge in [-0.3, -0.25) is 4.79 Å². The number of ether oxygens (including phenoxy) is 1. The summed E-state index contributed by atoms with van der Waals surface area (Å²) < 4.78 is 30.2. The van der Waals surface area contributed by atoms with Gasteiger partial charge < -0.3 is 9.64 Å². The van der Waals surface area contributed by atoms with E-state index >= 15 is 0 Å². The van der Waals surface area contributed by atoms with E-state index in [2.05, 4.69) is 4.74 Å². The average molecular weight is 349 g/mol. The van der Waals surface area contributed by atoms with Crippen molar-refractivity contribution in [2.45, 2.75) is 4.90 Å². The molecule has 1 heterocycles. The van der Waals surface area contributed by atoms with Crippen LogP contribution in [-0.4, -0.2) is 63.8 Å². The molecule has 0 saturated heterocycles. The zero-order chi connectivity index (χ0) is 15.8. The summed E-state index contributed by atoms with van der Waals surface area (Å²) in [6.07, 6.45) is 0. The Morgan fingerprint density at radius 2 is 1.95 bits per heavy atom. The fourth-order valence-electron chi connectivity index (χ4n) is 2.03. The van der Waals surface area contributed by atoms with E-state index in [9.17, 15) is 18.0 Å². The van der Waals surface area contributed by atoms with Gasteiger partial charge in [-0.05, 0) is 32.3 Å². The number of methoxy groups -OCH3 is 1. The van der Waals surface area contributed by atoms with Gasteiger partial charge in [0.25, 0.3) is 15.9 Å². The highest BCUT2D eigenvalue weighted by atomic mass is 35.5. The summed E-state index contributed by atoms with van der Waals surface area (Å²) in [6.45, 7) is 0.485. The molecule has 0 radical (unpaired) electrons. The molecule has 0 N–H and O–H groups in total. The van der Waals surface area contributed by atoms with Crippen LogP contribution in [0.5, 0.6) is 0 Å². The Morgan fingerprint density at radius 3 is 2.50 bits per heavy atom. The highest BCUT2D eigenvalue weighted by Crippen LogP contribution is 2.30. The summed E-state index contributed by atoms with van der Waals surface area (Å²) in [5.74, 6) is -1.21. The van der Waals surface area contributed by atoms with Gasteiger partial charge >= 0.3 is 5.97 Å². The number of esters is 1. The third kappa shape index (κ3) is 3.08. The van der Waals surface area contributed by atoms with E-state index in [0.29, 0.717) is 6.54 Å². The quantitative estimate of drug-likeness (QED) is 0.741. The molecule has 7 nitrogen and oxygen atoms in total. The zero-order valence-corrected chi connectivity index (χ0v) is 14.0. The van der Waals surface area contributed by atoms with Gasteiger partial charge in [0.2, 0.25) is 0 Å². The predicted octanol–water partition coefficient (Wildman–Crippen LogP) is 0.601. The number of sulfonamides is 1. The summed E-state index contributed by atoms with van der Waals surface area (Å²) in [6, 6.07) is 3.91. The van der Waals surface area contributed by atoms with E-state index in [-0.39, 0.29) is 35.0 Å². The van der Waals surface area contributed by atoms with Crippen molar-refractivity contribution in [3.63, 3.8) is 0 Å². The Labute approximate surface area is 135 Å². The van der Waals surface area contributed by atoms with Gasteiger partial charge in [0.1, 0.15) is 4.90 Å². The highest BCUT2D eigenvalue weighted by molar-refractivity contribution is 7.90. The number of fused-ring (bicyclic) bond motifs is 1. The maximum Gasteiger partial charge on any atom is 0.337 e. The SMILES string of the molecule is COC(=O)c1ccc2c(c1)S(=O)(=O)N(CCN(C)C)C2=O.Cl. The molecule has 0 spiro atoms. The van der Waals surface area contributed by atoms with E-state index in [0.717, 1.165) is 4.31 Å². The number of carbonyl (C=O) groups excluding carboxylic acids is 2. The van der Waals surface area contributed by atoms with Crippen LogP contribution in [0.4, 0.5) is 0 Å². The molecule has 0 unspecified atom stereocenters. The molecule has 0 aromatic heterocycles. The molecular formula is C13H17ClN2O5S. The van der Waals surface area contributed by atoms with Gasteiger partial charge in [-0.2, -0.15) is 0 Å². The third-order valence-electron chi connectivity index (χ3n) is 3.18. The molecule has 0 aliphatic carbocycles. The van der Waals surface area contributed by atoms with Crippen molar-refractivity contribution in [2.24, 2.45) is 0 Å². The first-order chi connectivity index (χ1) is 9.78. The van der Waals surface area contributed by atoms with Crippen molar-refractivity contribution < 1.29 is 22.7 Å². The van der Waals surface area contributed by atoms with E-state index in [4.69, 9.17) is 0 Å². The molecule has 1 aromatic rings. The van der Waals surface area contributed by atoms with Crippen molar-refractivity contribution in [2.75, 3.05) is 34.3 Å². The molecule has 9 heteroatoms. The number of hydrogen-bond donors (Lipinski definition) is 0. The van der Waals surface area contributed by atoms with Crippen LogP contribution in [-0.2, 0) is 14.8 Å². The van der Waals surface area contributed by atoms with Gasteiger partial charge in [-0.1, -0.05) is 0 Å². The molecule has 1 aliphatic heterocycles. The van der Waals surface area contributed by atoms with Gasteiger partial charge in [-0.15, -0.1) is 12.4 Å². The molecule has 22 heavy (non-hydrogen) atoms. The average Bonchev–Trinajstić information content (AvgIpc) is 2.63. The molecule has 0 bridgehead atoms. The summed E-state index contributed by atoms with van der Waals surface area (Å²) >= 11 is 0. The Balaban J connectivity index is 0.00000242. The van der Waals surface area contributed by atoms with Crippen molar-refractivity contribution in [3.8, 4) is 0 Å². The van der Waals surface area contributed by atoms with E-state index in [1.807, 2.05) is 0 Å². The topological polar surface area (TPSA) is 84.0 Å². The molecule has 0 atom stereocenters. The number of nitrogens with zero attached hydrogens (tertiary/aromatic N) is 2. The number of amides is 1. The standard InChI is InChI=1S/C13H16N2O5S.ClH/c1-14(2)6-7-15-12(16)10-5-4-9(13(17)20-3)8-11(10)21(15,18)19;/h4-5,8H,6-7H2,1-3H3;1H. The lowest BCUT2D eigenvalue weighted by Gasteiger charge is -2.17. The Kier molecular flexibility index (Phi) is 5.55. The minimum Gasteiger partial charge on any atom is -0.465 e. The van der Waals surface area contributed by atoms with Crippen molar-refractivity contribution >= 4 is 34.3 Å². The van der Waals surface area contributed by atoms with Crippen LogP contribution in [0.15, 0.2) is 23.1 Å². The Hall–Kier alpha value is -1.64. The number of hydrogen-bond acceptors (Lipinski definition) is 6. The van der Waals surface area contributed by atoms with Crippen LogP contribution >= 0.6 is 12.4 Å². The maximum atomic E-state index is 12.4. The first-order valence-corrected chi connectivity index (χ1v) is 7.67. The summed E-state index contributed by atoms with van der Waals surface area (Å²) in [5, 5.41) is 0. The lowest BCUT2D eigenvalue weighted by molar-refractivity contribution is 0.0600.